The fourth-order valence-corrected chi connectivity index (χ4v) is 2.36. The minimum atomic E-state index is -0.0292. The molecule has 1 aromatic carbocycles. The van der Waals surface area contributed by atoms with Gasteiger partial charge < -0.3 is 10.1 Å². The van der Waals surface area contributed by atoms with E-state index in [1.54, 1.807) is 0 Å². The molecular weight excluding hydrogens is 288 g/mol. The lowest BCUT2D eigenvalue weighted by Crippen LogP contribution is -2.26. The van der Waals surface area contributed by atoms with Crippen molar-refractivity contribution in [3.8, 4) is 0 Å². The van der Waals surface area contributed by atoms with E-state index in [4.69, 9.17) is 4.74 Å². The fourth-order valence-electron chi connectivity index (χ4n) is 2.36. The maximum absolute atomic E-state index is 5.77. The quantitative estimate of drug-likeness (QED) is 0.750. The van der Waals surface area contributed by atoms with Crippen LogP contribution in [0, 0.1) is 0 Å². The Bertz CT molecular complexity index is 775. The first-order valence-electron chi connectivity index (χ1n) is 7.75. The standard InChI is InChI=1S/C18H22N4O/c1-18(2,3)20-16-10-9-14-15(21-22-17(14)19-16)12-23-11-13-7-5-4-6-8-13/h4-10H,11-12H2,1-3H3,(H2,19,20,21,22). The SMILES string of the molecule is CC(C)(C)Nc1ccc2c(COCc3ccccc3)[nH]nc2n1. The van der Waals surface area contributed by atoms with Gasteiger partial charge in [-0.05, 0) is 38.5 Å². The topological polar surface area (TPSA) is 62.8 Å². The third-order valence-corrected chi connectivity index (χ3v) is 3.36. The van der Waals surface area contributed by atoms with E-state index in [0.717, 1.165) is 22.5 Å². The molecule has 120 valence electrons. The number of rotatable bonds is 5. The molecule has 0 aliphatic rings. The zero-order valence-electron chi connectivity index (χ0n) is 13.8. The van der Waals surface area contributed by atoms with Gasteiger partial charge >= 0.3 is 0 Å². The van der Waals surface area contributed by atoms with E-state index in [1.165, 1.54) is 0 Å². The van der Waals surface area contributed by atoms with Crippen LogP contribution in [0.3, 0.4) is 0 Å². The largest absolute Gasteiger partial charge is 0.370 e. The van der Waals surface area contributed by atoms with E-state index >= 15 is 0 Å². The molecule has 5 heteroatoms. The maximum atomic E-state index is 5.77. The fraction of sp³-hybridized carbons (Fsp3) is 0.333. The van der Waals surface area contributed by atoms with Crippen LogP contribution in [0.5, 0.6) is 0 Å². The number of nitrogens with one attached hydrogen (secondary N) is 2. The molecule has 0 amide bonds. The summed E-state index contributed by atoms with van der Waals surface area (Å²) >= 11 is 0. The number of aromatic nitrogens is 3. The van der Waals surface area contributed by atoms with E-state index in [2.05, 4.69) is 53.4 Å². The molecule has 3 rings (SSSR count). The molecule has 0 spiro atoms. The van der Waals surface area contributed by atoms with Crippen molar-refractivity contribution in [2.45, 2.75) is 39.5 Å². The van der Waals surface area contributed by atoms with Crippen LogP contribution < -0.4 is 5.32 Å². The Labute approximate surface area is 136 Å². The van der Waals surface area contributed by atoms with Gasteiger partial charge in [-0.2, -0.15) is 5.10 Å². The molecule has 2 heterocycles. The van der Waals surface area contributed by atoms with Crippen LogP contribution in [0.4, 0.5) is 5.82 Å². The molecule has 23 heavy (non-hydrogen) atoms. The van der Waals surface area contributed by atoms with Crippen molar-refractivity contribution >= 4 is 16.9 Å². The number of nitrogens with zero attached hydrogens (tertiary/aromatic N) is 2. The van der Waals surface area contributed by atoms with Gasteiger partial charge in [0.15, 0.2) is 5.65 Å². The van der Waals surface area contributed by atoms with Crippen LogP contribution in [0.15, 0.2) is 42.5 Å². The summed E-state index contributed by atoms with van der Waals surface area (Å²) in [6.45, 7) is 7.38. The lowest BCUT2D eigenvalue weighted by molar-refractivity contribution is 0.105. The third-order valence-electron chi connectivity index (χ3n) is 3.36. The Hall–Kier alpha value is -2.40. The zero-order valence-corrected chi connectivity index (χ0v) is 13.8. The van der Waals surface area contributed by atoms with Crippen LogP contribution in [-0.4, -0.2) is 20.7 Å². The Morgan fingerprint density at radius 1 is 1.04 bits per heavy atom. The third kappa shape index (κ3) is 4.07. The normalized spacial score (nSPS) is 11.8. The molecule has 2 N–H and O–H groups in total. The number of pyridine rings is 1. The van der Waals surface area contributed by atoms with Crippen molar-refractivity contribution < 1.29 is 4.74 Å². The summed E-state index contributed by atoms with van der Waals surface area (Å²) in [5.41, 5.74) is 2.79. The lowest BCUT2D eigenvalue weighted by Gasteiger charge is -2.20. The summed E-state index contributed by atoms with van der Waals surface area (Å²) in [6.07, 6.45) is 0. The van der Waals surface area contributed by atoms with Gasteiger partial charge in [0.2, 0.25) is 0 Å². The summed E-state index contributed by atoms with van der Waals surface area (Å²) in [4.78, 5) is 4.54. The second-order valence-electron chi connectivity index (χ2n) is 6.62. The van der Waals surface area contributed by atoms with Crippen molar-refractivity contribution in [1.29, 1.82) is 0 Å². The first-order chi connectivity index (χ1) is 11.0. The van der Waals surface area contributed by atoms with E-state index < -0.39 is 0 Å². The van der Waals surface area contributed by atoms with Crippen LogP contribution in [-0.2, 0) is 18.0 Å². The summed E-state index contributed by atoms with van der Waals surface area (Å²) in [5, 5.41) is 11.7. The molecule has 0 aliphatic carbocycles. The molecule has 0 fully saturated rings. The minimum absolute atomic E-state index is 0.0292. The lowest BCUT2D eigenvalue weighted by atomic mass is 10.1. The summed E-state index contributed by atoms with van der Waals surface area (Å²) in [5.74, 6) is 0.827. The van der Waals surface area contributed by atoms with Crippen LogP contribution in [0.1, 0.15) is 32.0 Å². The number of H-pyrrole nitrogens is 1. The molecule has 0 atom stereocenters. The molecular formula is C18H22N4O. The van der Waals surface area contributed by atoms with Gasteiger partial charge in [0.1, 0.15) is 5.82 Å². The number of anilines is 1. The average Bonchev–Trinajstić information content (AvgIpc) is 2.89. The highest BCUT2D eigenvalue weighted by Crippen LogP contribution is 2.20. The van der Waals surface area contributed by atoms with E-state index in [1.807, 2.05) is 30.3 Å². The minimum Gasteiger partial charge on any atom is -0.370 e. The van der Waals surface area contributed by atoms with Gasteiger partial charge in [-0.1, -0.05) is 30.3 Å². The molecule has 0 bridgehead atoms. The van der Waals surface area contributed by atoms with Crippen LogP contribution in [0.2, 0.25) is 0 Å². The zero-order chi connectivity index (χ0) is 16.3. The molecule has 0 saturated heterocycles. The maximum Gasteiger partial charge on any atom is 0.183 e. The predicted molar refractivity (Wildman–Crippen MR) is 92.2 cm³/mol. The summed E-state index contributed by atoms with van der Waals surface area (Å²) < 4.78 is 5.77. The first-order valence-corrected chi connectivity index (χ1v) is 7.75. The molecule has 3 aromatic rings. The smallest absolute Gasteiger partial charge is 0.183 e. The highest BCUT2D eigenvalue weighted by atomic mass is 16.5. The van der Waals surface area contributed by atoms with Crippen LogP contribution >= 0.6 is 0 Å². The number of benzene rings is 1. The van der Waals surface area contributed by atoms with Crippen molar-refractivity contribution in [2.24, 2.45) is 0 Å². The number of hydrogen-bond donors (Lipinski definition) is 2. The van der Waals surface area contributed by atoms with Crippen molar-refractivity contribution in [1.82, 2.24) is 15.2 Å². The van der Waals surface area contributed by atoms with Gasteiger partial charge in [-0.3, -0.25) is 5.10 Å². The number of hydrogen-bond acceptors (Lipinski definition) is 4. The van der Waals surface area contributed by atoms with E-state index in [-0.39, 0.29) is 5.54 Å². The Kier molecular flexibility index (Phi) is 4.30. The molecule has 0 unspecified atom stereocenters. The second kappa shape index (κ2) is 6.38. The van der Waals surface area contributed by atoms with E-state index in [0.29, 0.717) is 18.9 Å². The second-order valence-corrected chi connectivity index (χ2v) is 6.62. The molecule has 2 aromatic heterocycles. The van der Waals surface area contributed by atoms with Crippen molar-refractivity contribution in [3.05, 3.63) is 53.7 Å². The molecule has 0 radical (unpaired) electrons. The van der Waals surface area contributed by atoms with Crippen molar-refractivity contribution in [2.75, 3.05) is 5.32 Å². The van der Waals surface area contributed by atoms with Gasteiger partial charge in [-0.25, -0.2) is 4.98 Å². The molecule has 0 saturated carbocycles. The Balaban J connectivity index is 1.68. The Morgan fingerprint density at radius 3 is 2.57 bits per heavy atom. The molecule has 0 aliphatic heterocycles. The van der Waals surface area contributed by atoms with E-state index in [9.17, 15) is 0 Å². The van der Waals surface area contributed by atoms with Gasteiger partial charge in [0, 0.05) is 10.9 Å². The van der Waals surface area contributed by atoms with Crippen LogP contribution in [0.25, 0.3) is 11.0 Å². The monoisotopic (exact) mass is 310 g/mol. The number of fused-ring (bicyclic) bond motifs is 1. The summed E-state index contributed by atoms with van der Waals surface area (Å²) in [6, 6.07) is 14.1. The highest BCUT2D eigenvalue weighted by molar-refractivity contribution is 5.79. The Morgan fingerprint density at radius 2 is 1.83 bits per heavy atom. The first kappa shape index (κ1) is 15.5. The molecule has 5 nitrogen and oxygen atoms in total. The highest BCUT2D eigenvalue weighted by Gasteiger charge is 2.12. The van der Waals surface area contributed by atoms with Gasteiger partial charge in [0.05, 0.1) is 18.9 Å². The summed E-state index contributed by atoms with van der Waals surface area (Å²) in [7, 11) is 0. The predicted octanol–water partition coefficient (Wildman–Crippen LogP) is 3.89. The average molecular weight is 310 g/mol. The number of aromatic amines is 1. The van der Waals surface area contributed by atoms with Gasteiger partial charge in [-0.15, -0.1) is 0 Å². The van der Waals surface area contributed by atoms with Crippen molar-refractivity contribution in [3.63, 3.8) is 0 Å². The van der Waals surface area contributed by atoms with Gasteiger partial charge in [0.25, 0.3) is 0 Å². The number of ether oxygens (including phenoxy) is 1.